The number of amides is 4. The molecule has 3 aromatic heterocycles. The van der Waals surface area contributed by atoms with E-state index < -0.39 is 74.3 Å². The first-order valence-corrected chi connectivity index (χ1v) is 24.4. The molecule has 0 spiro atoms. The number of rotatable bonds is 8. The summed E-state index contributed by atoms with van der Waals surface area (Å²) in [5.74, 6) is -1.94. The Morgan fingerprint density at radius 2 is 1.75 bits per heavy atom. The van der Waals surface area contributed by atoms with Crippen LogP contribution in [0.5, 0.6) is 5.88 Å². The molecule has 9 rings (SSSR count). The van der Waals surface area contributed by atoms with Gasteiger partial charge >= 0.3 is 6.09 Å². The molecular formula is C47H52N6O9S2. The van der Waals surface area contributed by atoms with Crippen LogP contribution in [0, 0.1) is 12.8 Å². The fourth-order valence-corrected chi connectivity index (χ4v) is 11.0. The van der Waals surface area contributed by atoms with E-state index in [0.717, 1.165) is 29.4 Å². The Labute approximate surface area is 375 Å². The number of sulfonamides is 1. The minimum Gasteiger partial charge on any atom is -0.470 e. The summed E-state index contributed by atoms with van der Waals surface area (Å²) in [5.41, 5.74) is 2.00. The molecule has 2 aliphatic heterocycles. The molecule has 0 radical (unpaired) electrons. The predicted octanol–water partition coefficient (Wildman–Crippen LogP) is 7.33. The van der Waals surface area contributed by atoms with Crippen LogP contribution in [0.1, 0.15) is 84.1 Å². The summed E-state index contributed by atoms with van der Waals surface area (Å²) >= 11 is 1.67. The number of carbonyl (C=O) groups excluding carboxylic acids is 4. The van der Waals surface area contributed by atoms with Gasteiger partial charge in [-0.15, -0.1) is 11.3 Å². The maximum absolute atomic E-state index is 14.8. The van der Waals surface area contributed by atoms with Crippen molar-refractivity contribution in [3.8, 4) is 27.7 Å². The van der Waals surface area contributed by atoms with Crippen LogP contribution >= 0.6 is 11.3 Å². The molecule has 5 atom stereocenters. The molecule has 2 aliphatic carbocycles. The molecule has 336 valence electrons. The summed E-state index contributed by atoms with van der Waals surface area (Å²) in [6.45, 7) is 7.18. The van der Waals surface area contributed by atoms with Crippen LogP contribution in [0.4, 0.5) is 4.79 Å². The lowest BCUT2D eigenvalue weighted by Crippen LogP contribution is -2.58. The molecule has 64 heavy (non-hydrogen) atoms. The second kappa shape index (κ2) is 17.0. The summed E-state index contributed by atoms with van der Waals surface area (Å²) in [5, 5.41) is 7.84. The zero-order valence-corrected chi connectivity index (χ0v) is 37.9. The van der Waals surface area contributed by atoms with Crippen molar-refractivity contribution in [2.75, 3.05) is 6.54 Å². The van der Waals surface area contributed by atoms with Crippen molar-refractivity contribution in [2.45, 2.75) is 120 Å². The SMILES string of the molecule is Cc1ccsc1-c1ccc(-c2nc(O[C@@H]3C[C@H]4C(=O)N[C@]5(C(=O)NS(=O)(=O)C6CC6)C[C@H]5/C=C\CCCCC[C@H](NC(=O)OC(C)(C)C)C(=O)N4C3)c3oc4ccccc4c3n2)cc1. The number of alkyl carbamates (subject to hydrolysis) is 1. The Balaban J connectivity index is 1.06. The van der Waals surface area contributed by atoms with Gasteiger partial charge < -0.3 is 29.4 Å². The fraction of sp³-hybridized carbons (Fsp3) is 0.447. The first kappa shape index (κ1) is 43.4. The first-order valence-electron chi connectivity index (χ1n) is 21.9. The smallest absolute Gasteiger partial charge is 0.408 e. The van der Waals surface area contributed by atoms with Crippen LogP contribution in [0.2, 0.25) is 0 Å². The first-order chi connectivity index (χ1) is 30.6. The molecule has 4 amide bonds. The highest BCUT2D eigenvalue weighted by Gasteiger charge is 2.62. The summed E-state index contributed by atoms with van der Waals surface area (Å²) in [6.07, 6.45) is 6.38. The van der Waals surface area contributed by atoms with Crippen LogP contribution in [-0.2, 0) is 29.1 Å². The molecule has 2 aromatic carbocycles. The van der Waals surface area contributed by atoms with E-state index in [9.17, 15) is 27.6 Å². The molecule has 0 unspecified atom stereocenters. The highest BCUT2D eigenvalue weighted by molar-refractivity contribution is 7.91. The lowest BCUT2D eigenvalue weighted by atomic mass is 10.0. The van der Waals surface area contributed by atoms with Crippen LogP contribution in [0.25, 0.3) is 43.9 Å². The van der Waals surface area contributed by atoms with Crippen molar-refractivity contribution in [3.63, 3.8) is 0 Å². The molecule has 3 fully saturated rings. The zero-order chi connectivity index (χ0) is 45.0. The van der Waals surface area contributed by atoms with E-state index in [1.807, 2.05) is 60.7 Å². The second-order valence-electron chi connectivity index (χ2n) is 18.3. The van der Waals surface area contributed by atoms with Crippen LogP contribution in [0.15, 0.2) is 76.5 Å². The minimum absolute atomic E-state index is 0.0226. The maximum Gasteiger partial charge on any atom is 0.408 e. The average molecular weight is 909 g/mol. The highest BCUT2D eigenvalue weighted by atomic mass is 32.2. The predicted molar refractivity (Wildman–Crippen MR) is 242 cm³/mol. The standard InChI is InChI=1S/C47H52N6O9S2/c1-27-22-23-63-39(27)28-16-18-29(19-17-28)40-49-37-33-13-10-11-15-36(33)61-38(37)42(50-40)60-31-24-35-41(54)51-47(44(56)52-64(58,59)32-20-21-32)25-30(47)12-8-6-5-7-9-14-34(43(55)53(35)26-31)48-45(57)62-46(2,3)4/h8,10-13,15-19,22-23,30-32,34-35H,5-7,9,14,20-21,24-26H2,1-4H3,(H,48,57)(H,51,54)(H,52,56)/b12-8-/t30-,31-,34+,35+,47-/m1/s1. The van der Waals surface area contributed by atoms with E-state index in [1.54, 1.807) is 32.1 Å². The Hall–Kier alpha value is -5.81. The summed E-state index contributed by atoms with van der Waals surface area (Å²) in [7, 11) is -3.93. The highest BCUT2D eigenvalue weighted by Crippen LogP contribution is 2.46. The van der Waals surface area contributed by atoms with Gasteiger partial charge in [-0.2, -0.15) is 4.98 Å². The molecule has 5 heterocycles. The molecule has 17 heteroatoms. The number of aryl methyl sites for hydroxylation is 1. The number of furan rings is 1. The number of nitrogens with one attached hydrogen (secondary N) is 3. The second-order valence-corrected chi connectivity index (χ2v) is 21.2. The van der Waals surface area contributed by atoms with E-state index >= 15 is 0 Å². The van der Waals surface area contributed by atoms with Gasteiger partial charge in [-0.25, -0.2) is 18.2 Å². The average Bonchev–Trinajstić information content (AvgIpc) is 4.09. The van der Waals surface area contributed by atoms with Gasteiger partial charge in [0.25, 0.3) is 11.8 Å². The maximum atomic E-state index is 14.8. The van der Waals surface area contributed by atoms with Gasteiger partial charge in [0.2, 0.25) is 27.4 Å². The van der Waals surface area contributed by atoms with Gasteiger partial charge in [0.05, 0.1) is 11.8 Å². The number of para-hydroxylation sites is 1. The molecule has 4 aliphatic rings. The Morgan fingerprint density at radius 3 is 2.48 bits per heavy atom. The third-order valence-corrected chi connectivity index (χ3v) is 15.2. The fourth-order valence-electron chi connectivity index (χ4n) is 8.67. The molecular weight excluding hydrogens is 857 g/mol. The summed E-state index contributed by atoms with van der Waals surface area (Å²) in [6, 6.07) is 15.3. The Bertz CT molecular complexity index is 2770. The normalized spacial score (nSPS) is 24.8. The molecule has 2 saturated carbocycles. The van der Waals surface area contributed by atoms with Crippen molar-refractivity contribution in [1.82, 2.24) is 30.2 Å². The Morgan fingerprint density at radius 1 is 0.984 bits per heavy atom. The molecule has 0 bridgehead atoms. The molecule has 3 N–H and O–H groups in total. The van der Waals surface area contributed by atoms with E-state index in [1.165, 1.54) is 15.3 Å². The lowest BCUT2D eigenvalue weighted by Gasteiger charge is -2.30. The Kier molecular flexibility index (Phi) is 11.5. The largest absolute Gasteiger partial charge is 0.470 e. The third kappa shape index (κ3) is 8.96. The van der Waals surface area contributed by atoms with Crippen molar-refractivity contribution < 1.29 is 41.5 Å². The monoisotopic (exact) mass is 908 g/mol. The van der Waals surface area contributed by atoms with Gasteiger partial charge in [-0.3, -0.25) is 19.1 Å². The van der Waals surface area contributed by atoms with Crippen molar-refractivity contribution in [1.29, 1.82) is 0 Å². The van der Waals surface area contributed by atoms with E-state index in [4.69, 9.17) is 23.9 Å². The number of thiophene rings is 1. The van der Waals surface area contributed by atoms with Crippen LogP contribution in [-0.4, -0.2) is 88.2 Å². The summed E-state index contributed by atoms with van der Waals surface area (Å²) in [4.78, 5) is 69.0. The minimum atomic E-state index is -3.93. The van der Waals surface area contributed by atoms with Crippen molar-refractivity contribution in [2.24, 2.45) is 5.92 Å². The van der Waals surface area contributed by atoms with Crippen LogP contribution in [0.3, 0.4) is 0 Å². The quantitative estimate of drug-likeness (QED) is 0.132. The number of nitrogens with zero attached hydrogens (tertiary/aromatic N) is 3. The molecule has 5 aromatic rings. The molecule has 15 nitrogen and oxygen atoms in total. The molecule has 1 saturated heterocycles. The number of allylic oxidation sites excluding steroid dienone is 1. The van der Waals surface area contributed by atoms with Gasteiger partial charge in [-0.1, -0.05) is 61.4 Å². The van der Waals surface area contributed by atoms with E-state index in [2.05, 4.69) is 33.7 Å². The van der Waals surface area contributed by atoms with Gasteiger partial charge in [0.15, 0.2) is 5.82 Å². The van der Waals surface area contributed by atoms with E-state index in [-0.39, 0.29) is 31.7 Å². The van der Waals surface area contributed by atoms with Crippen molar-refractivity contribution >= 4 is 67.2 Å². The number of hydrogen-bond acceptors (Lipinski definition) is 12. The lowest BCUT2D eigenvalue weighted by molar-refractivity contribution is -0.141. The number of ether oxygens (including phenoxy) is 2. The number of benzene rings is 2. The van der Waals surface area contributed by atoms with Crippen LogP contribution < -0.4 is 20.1 Å². The van der Waals surface area contributed by atoms with E-state index in [0.29, 0.717) is 48.2 Å². The van der Waals surface area contributed by atoms with Gasteiger partial charge in [-0.05, 0) is 101 Å². The third-order valence-electron chi connectivity index (χ3n) is 12.3. The number of fused-ring (bicyclic) bond motifs is 5. The van der Waals surface area contributed by atoms with Gasteiger partial charge in [0.1, 0.15) is 40.4 Å². The number of hydrogen-bond donors (Lipinski definition) is 3. The number of aromatic nitrogens is 2. The summed E-state index contributed by atoms with van der Waals surface area (Å²) < 4.78 is 46.8. The number of carbonyl (C=O) groups is 4. The van der Waals surface area contributed by atoms with Gasteiger partial charge in [0, 0.05) is 28.2 Å². The zero-order valence-electron chi connectivity index (χ0n) is 36.2. The topological polar surface area (TPSA) is 199 Å². The van der Waals surface area contributed by atoms with Crippen molar-refractivity contribution in [3.05, 3.63) is 77.7 Å².